The molecule has 0 fully saturated rings. The zero-order valence-corrected chi connectivity index (χ0v) is 17.1. The lowest BCUT2D eigenvalue weighted by molar-refractivity contribution is -0.116. The Hall–Kier alpha value is -3.11. The molecule has 0 atom stereocenters. The number of hydrogen-bond donors (Lipinski definition) is 3. The molecule has 2 aromatic heterocycles. The van der Waals surface area contributed by atoms with Gasteiger partial charge < -0.3 is 0 Å². The van der Waals surface area contributed by atoms with Crippen LogP contribution in [0.3, 0.4) is 0 Å². The highest BCUT2D eigenvalue weighted by atomic mass is 32.2. The quantitative estimate of drug-likeness (QED) is 0.530. The Labute approximate surface area is 174 Å². The molecular weight excluding hydrogens is 404 g/mol. The molecule has 1 aliphatic rings. The third kappa shape index (κ3) is 4.71. The van der Waals surface area contributed by atoms with E-state index in [-0.39, 0.29) is 23.8 Å². The van der Waals surface area contributed by atoms with E-state index in [4.69, 9.17) is 0 Å². The molecule has 0 saturated heterocycles. The predicted molar refractivity (Wildman–Crippen MR) is 111 cm³/mol. The summed E-state index contributed by atoms with van der Waals surface area (Å²) in [6, 6.07) is 10.6. The van der Waals surface area contributed by atoms with E-state index in [2.05, 4.69) is 30.2 Å². The SMILES string of the molecule is O=C(CCNS(=O)(=O)c1ccc2c(c1)CCCC2)Nc1n[nH]c(-c2ccccn2)n1. The first-order valence-corrected chi connectivity index (χ1v) is 11.2. The first-order chi connectivity index (χ1) is 14.5. The van der Waals surface area contributed by atoms with Crippen molar-refractivity contribution in [3.63, 3.8) is 0 Å². The summed E-state index contributed by atoms with van der Waals surface area (Å²) in [6.45, 7) is -0.0250. The highest BCUT2D eigenvalue weighted by molar-refractivity contribution is 7.89. The van der Waals surface area contributed by atoms with E-state index in [0.29, 0.717) is 11.5 Å². The van der Waals surface area contributed by atoms with Gasteiger partial charge in [-0.05, 0) is 61.1 Å². The standard InChI is InChI=1S/C20H22N6O3S/c27-18(23-20-24-19(25-26-20)17-7-3-4-11-21-17)10-12-22-30(28,29)16-9-8-14-5-1-2-6-15(14)13-16/h3-4,7-9,11,13,22H,1-2,5-6,10,12H2,(H2,23,24,25,26,27). The third-order valence-electron chi connectivity index (χ3n) is 4.92. The summed E-state index contributed by atoms with van der Waals surface area (Å²) in [5.74, 6) is 0.145. The van der Waals surface area contributed by atoms with E-state index >= 15 is 0 Å². The van der Waals surface area contributed by atoms with E-state index in [1.54, 1.807) is 30.5 Å². The van der Waals surface area contributed by atoms with Gasteiger partial charge in [-0.1, -0.05) is 12.1 Å². The second kappa shape index (κ2) is 8.72. The minimum Gasteiger partial charge on any atom is -0.293 e. The van der Waals surface area contributed by atoms with Gasteiger partial charge >= 0.3 is 0 Å². The van der Waals surface area contributed by atoms with Gasteiger partial charge in [0, 0.05) is 19.2 Å². The van der Waals surface area contributed by atoms with Crippen LogP contribution in [0.2, 0.25) is 0 Å². The fourth-order valence-corrected chi connectivity index (χ4v) is 4.46. The Bertz CT molecular complexity index is 1140. The zero-order valence-electron chi connectivity index (χ0n) is 16.3. The number of rotatable bonds is 7. The number of nitrogens with zero attached hydrogens (tertiary/aromatic N) is 3. The van der Waals surface area contributed by atoms with Crippen LogP contribution < -0.4 is 10.0 Å². The molecule has 0 aliphatic heterocycles. The van der Waals surface area contributed by atoms with Crippen molar-refractivity contribution in [3.8, 4) is 11.5 Å². The maximum absolute atomic E-state index is 12.5. The van der Waals surface area contributed by atoms with Crippen LogP contribution in [0.25, 0.3) is 11.5 Å². The maximum atomic E-state index is 12.5. The Morgan fingerprint density at radius 3 is 2.73 bits per heavy atom. The number of aromatic amines is 1. The third-order valence-corrected chi connectivity index (χ3v) is 6.38. The zero-order chi connectivity index (χ0) is 21.0. The van der Waals surface area contributed by atoms with Crippen LogP contribution in [0.4, 0.5) is 5.95 Å². The van der Waals surface area contributed by atoms with Gasteiger partial charge in [0.1, 0.15) is 5.69 Å². The molecule has 2 heterocycles. The molecule has 0 spiro atoms. The van der Waals surface area contributed by atoms with Crippen molar-refractivity contribution in [2.75, 3.05) is 11.9 Å². The number of anilines is 1. The first kappa shape index (κ1) is 20.2. The average molecular weight is 427 g/mol. The van der Waals surface area contributed by atoms with Gasteiger partial charge in [0.05, 0.1) is 4.90 Å². The number of carbonyl (C=O) groups excluding carboxylic acids is 1. The van der Waals surface area contributed by atoms with E-state index in [9.17, 15) is 13.2 Å². The predicted octanol–water partition coefficient (Wildman–Crippen LogP) is 2.05. The summed E-state index contributed by atoms with van der Waals surface area (Å²) in [5.41, 5.74) is 2.91. The molecule has 10 heteroatoms. The van der Waals surface area contributed by atoms with E-state index in [1.807, 2.05) is 12.1 Å². The summed E-state index contributed by atoms with van der Waals surface area (Å²) in [7, 11) is -3.67. The van der Waals surface area contributed by atoms with E-state index in [1.165, 1.54) is 5.56 Å². The molecule has 0 unspecified atom stereocenters. The molecule has 1 aromatic carbocycles. The van der Waals surface area contributed by atoms with Crippen LogP contribution in [-0.4, -0.2) is 41.0 Å². The molecule has 0 bridgehead atoms. The van der Waals surface area contributed by atoms with Crippen LogP contribution in [0.1, 0.15) is 30.4 Å². The number of aromatic nitrogens is 4. The lowest BCUT2D eigenvalue weighted by Gasteiger charge is -2.16. The molecule has 3 N–H and O–H groups in total. The van der Waals surface area contributed by atoms with Crippen molar-refractivity contribution in [1.29, 1.82) is 0 Å². The number of hydrogen-bond acceptors (Lipinski definition) is 6. The van der Waals surface area contributed by atoms with Crippen molar-refractivity contribution in [2.45, 2.75) is 37.0 Å². The van der Waals surface area contributed by atoms with Gasteiger partial charge in [-0.2, -0.15) is 4.98 Å². The van der Waals surface area contributed by atoms with Gasteiger partial charge in [0.25, 0.3) is 0 Å². The van der Waals surface area contributed by atoms with Gasteiger partial charge in [0.2, 0.25) is 21.9 Å². The Kier molecular flexibility index (Phi) is 5.86. The van der Waals surface area contributed by atoms with Crippen LogP contribution in [0.15, 0.2) is 47.5 Å². The second-order valence-corrected chi connectivity index (χ2v) is 8.82. The largest absolute Gasteiger partial charge is 0.293 e. The normalized spacial score (nSPS) is 13.6. The Balaban J connectivity index is 1.31. The first-order valence-electron chi connectivity index (χ1n) is 9.76. The number of aryl methyl sites for hydroxylation is 2. The van der Waals surface area contributed by atoms with Crippen LogP contribution in [-0.2, 0) is 27.7 Å². The lowest BCUT2D eigenvalue weighted by atomic mass is 9.92. The average Bonchev–Trinajstić information content (AvgIpc) is 3.22. The number of pyridine rings is 1. The molecular formula is C20H22N6O3S. The van der Waals surface area contributed by atoms with E-state index in [0.717, 1.165) is 31.2 Å². The number of benzene rings is 1. The molecule has 3 aromatic rings. The number of amides is 1. The molecule has 9 nitrogen and oxygen atoms in total. The van der Waals surface area contributed by atoms with Gasteiger partial charge in [0.15, 0.2) is 5.82 Å². The monoisotopic (exact) mass is 426 g/mol. The minimum absolute atomic E-state index is 0.0250. The Morgan fingerprint density at radius 2 is 1.93 bits per heavy atom. The van der Waals surface area contributed by atoms with Crippen molar-refractivity contribution in [3.05, 3.63) is 53.7 Å². The number of nitrogens with one attached hydrogen (secondary N) is 3. The highest BCUT2D eigenvalue weighted by Gasteiger charge is 2.18. The molecule has 0 radical (unpaired) electrons. The summed E-state index contributed by atoms with van der Waals surface area (Å²) in [5, 5.41) is 9.18. The Morgan fingerprint density at radius 1 is 1.10 bits per heavy atom. The summed E-state index contributed by atoms with van der Waals surface area (Å²) < 4.78 is 27.6. The summed E-state index contributed by atoms with van der Waals surface area (Å²) >= 11 is 0. The smallest absolute Gasteiger partial charge is 0.249 e. The van der Waals surface area contributed by atoms with Crippen molar-refractivity contribution >= 4 is 21.9 Å². The molecule has 156 valence electrons. The van der Waals surface area contributed by atoms with Crippen molar-refractivity contribution in [1.82, 2.24) is 24.9 Å². The number of carbonyl (C=O) groups is 1. The van der Waals surface area contributed by atoms with Gasteiger partial charge in [-0.3, -0.25) is 20.2 Å². The van der Waals surface area contributed by atoms with Crippen LogP contribution in [0, 0.1) is 0 Å². The van der Waals surface area contributed by atoms with Crippen molar-refractivity contribution < 1.29 is 13.2 Å². The fourth-order valence-electron chi connectivity index (χ4n) is 3.38. The van der Waals surface area contributed by atoms with Crippen LogP contribution in [0.5, 0.6) is 0 Å². The van der Waals surface area contributed by atoms with E-state index < -0.39 is 15.9 Å². The fraction of sp³-hybridized carbons (Fsp3) is 0.300. The molecule has 30 heavy (non-hydrogen) atoms. The number of fused-ring (bicyclic) bond motifs is 1. The highest BCUT2D eigenvalue weighted by Crippen LogP contribution is 2.24. The van der Waals surface area contributed by atoms with Crippen LogP contribution >= 0.6 is 0 Å². The summed E-state index contributed by atoms with van der Waals surface area (Å²) in [4.78, 5) is 20.7. The number of sulfonamides is 1. The maximum Gasteiger partial charge on any atom is 0.249 e. The molecule has 0 saturated carbocycles. The van der Waals surface area contributed by atoms with Gasteiger partial charge in [-0.25, -0.2) is 13.1 Å². The number of H-pyrrole nitrogens is 1. The summed E-state index contributed by atoms with van der Waals surface area (Å²) in [6.07, 6.45) is 5.70. The van der Waals surface area contributed by atoms with Gasteiger partial charge in [-0.15, -0.1) is 5.10 Å². The lowest BCUT2D eigenvalue weighted by Crippen LogP contribution is -2.28. The topological polar surface area (TPSA) is 130 Å². The van der Waals surface area contributed by atoms with Crippen molar-refractivity contribution in [2.24, 2.45) is 0 Å². The minimum atomic E-state index is -3.67. The molecule has 1 amide bonds. The molecule has 4 rings (SSSR count). The molecule has 1 aliphatic carbocycles. The second-order valence-electron chi connectivity index (χ2n) is 7.06.